The van der Waals surface area contributed by atoms with Gasteiger partial charge in [0.05, 0.1) is 0 Å². The zero-order chi connectivity index (χ0) is 13.6. The maximum atomic E-state index is 13.8. The monoisotopic (exact) mass is 264 g/mol. The zero-order valence-corrected chi connectivity index (χ0v) is 9.96. The molecule has 0 radical (unpaired) electrons. The van der Waals surface area contributed by atoms with Gasteiger partial charge < -0.3 is 5.11 Å². The summed E-state index contributed by atoms with van der Waals surface area (Å²) in [6.07, 6.45) is 0.645. The van der Waals surface area contributed by atoms with Gasteiger partial charge in [0.2, 0.25) is 0 Å². The number of hydrogen-bond donors (Lipinski definition) is 1. The Balaban J connectivity index is 2.19. The second kappa shape index (κ2) is 4.10. The Labute approximate surface area is 108 Å². The van der Waals surface area contributed by atoms with Crippen LogP contribution in [0.1, 0.15) is 23.1 Å². The van der Waals surface area contributed by atoms with Crippen LogP contribution >= 0.6 is 0 Å². The molecule has 0 bridgehead atoms. The van der Waals surface area contributed by atoms with E-state index in [1.807, 2.05) is 0 Å². The van der Waals surface area contributed by atoms with Gasteiger partial charge in [-0.2, -0.15) is 0 Å². The molecule has 0 spiro atoms. The molecule has 1 atom stereocenters. The van der Waals surface area contributed by atoms with E-state index in [1.54, 1.807) is 0 Å². The van der Waals surface area contributed by atoms with Gasteiger partial charge in [-0.1, -0.05) is 6.07 Å². The van der Waals surface area contributed by atoms with Crippen molar-refractivity contribution in [3.05, 3.63) is 70.5 Å². The minimum Gasteiger partial charge on any atom is -0.380 e. The summed E-state index contributed by atoms with van der Waals surface area (Å²) in [5.41, 5.74) is -0.614. The van der Waals surface area contributed by atoms with Crippen molar-refractivity contribution < 1.29 is 18.3 Å². The largest absolute Gasteiger partial charge is 0.380 e. The van der Waals surface area contributed by atoms with Crippen LogP contribution in [0.3, 0.4) is 0 Å². The Bertz CT molecular complexity index is 654. The lowest BCUT2D eigenvalue weighted by Crippen LogP contribution is -2.25. The van der Waals surface area contributed by atoms with Crippen molar-refractivity contribution in [3.8, 4) is 0 Å². The van der Waals surface area contributed by atoms with Crippen LogP contribution in [0.15, 0.2) is 36.4 Å². The zero-order valence-electron chi connectivity index (χ0n) is 9.96. The molecule has 2 aromatic rings. The Morgan fingerprint density at radius 2 is 1.58 bits per heavy atom. The number of fused-ring (bicyclic) bond motifs is 1. The molecular formula is C15H11F3O. The minimum atomic E-state index is -1.59. The maximum absolute atomic E-state index is 13.8. The van der Waals surface area contributed by atoms with Crippen LogP contribution in [0.4, 0.5) is 13.2 Å². The first-order valence-corrected chi connectivity index (χ1v) is 5.97. The Kier molecular flexibility index (Phi) is 2.64. The second-order valence-corrected chi connectivity index (χ2v) is 4.79. The highest BCUT2D eigenvalue weighted by Crippen LogP contribution is 2.43. The SMILES string of the molecule is OC1(c2cc(F)ccc2F)CCc2cc(F)ccc21. The smallest absolute Gasteiger partial charge is 0.129 e. The van der Waals surface area contributed by atoms with Gasteiger partial charge in [-0.05, 0) is 54.3 Å². The number of aliphatic hydroxyl groups is 1. The highest BCUT2D eigenvalue weighted by molar-refractivity contribution is 5.45. The first-order chi connectivity index (χ1) is 9.00. The van der Waals surface area contributed by atoms with Gasteiger partial charge in [0.15, 0.2) is 0 Å². The van der Waals surface area contributed by atoms with Crippen molar-refractivity contribution in [2.75, 3.05) is 0 Å². The molecule has 0 aromatic heterocycles. The van der Waals surface area contributed by atoms with Crippen LogP contribution in [0, 0.1) is 17.5 Å². The van der Waals surface area contributed by atoms with Crippen LogP contribution in [0.5, 0.6) is 0 Å². The van der Waals surface area contributed by atoms with Gasteiger partial charge in [-0.3, -0.25) is 0 Å². The van der Waals surface area contributed by atoms with E-state index < -0.39 is 23.1 Å². The van der Waals surface area contributed by atoms with Crippen LogP contribution in [0.25, 0.3) is 0 Å². The molecule has 1 unspecified atom stereocenters. The van der Waals surface area contributed by atoms with Crippen molar-refractivity contribution in [2.24, 2.45) is 0 Å². The number of aryl methyl sites for hydroxylation is 1. The fourth-order valence-corrected chi connectivity index (χ4v) is 2.72. The molecule has 0 saturated carbocycles. The van der Waals surface area contributed by atoms with Gasteiger partial charge in [0, 0.05) is 5.56 Å². The maximum Gasteiger partial charge on any atom is 0.129 e. The third-order valence-electron chi connectivity index (χ3n) is 3.64. The molecule has 0 amide bonds. The number of halogens is 3. The number of rotatable bonds is 1. The third kappa shape index (κ3) is 1.83. The summed E-state index contributed by atoms with van der Waals surface area (Å²) in [5, 5.41) is 10.7. The fraction of sp³-hybridized carbons (Fsp3) is 0.200. The predicted molar refractivity (Wildman–Crippen MR) is 64.1 cm³/mol. The van der Waals surface area contributed by atoms with E-state index in [0.29, 0.717) is 17.5 Å². The lowest BCUT2D eigenvalue weighted by atomic mass is 9.87. The molecule has 0 heterocycles. The number of benzene rings is 2. The van der Waals surface area contributed by atoms with Gasteiger partial charge in [0.1, 0.15) is 23.1 Å². The molecule has 98 valence electrons. The van der Waals surface area contributed by atoms with Gasteiger partial charge in [-0.25, -0.2) is 13.2 Å². The fourth-order valence-electron chi connectivity index (χ4n) is 2.72. The van der Waals surface area contributed by atoms with E-state index in [2.05, 4.69) is 0 Å². The number of hydrogen-bond acceptors (Lipinski definition) is 1. The summed E-state index contributed by atoms with van der Waals surface area (Å²) in [4.78, 5) is 0. The van der Waals surface area contributed by atoms with Gasteiger partial charge in [0.25, 0.3) is 0 Å². The summed E-state index contributed by atoms with van der Waals surface area (Å²) >= 11 is 0. The highest BCUT2D eigenvalue weighted by atomic mass is 19.1. The van der Waals surface area contributed by atoms with E-state index in [4.69, 9.17) is 0 Å². The summed E-state index contributed by atoms with van der Waals surface area (Å²) < 4.78 is 40.3. The average molecular weight is 264 g/mol. The quantitative estimate of drug-likeness (QED) is 0.838. The molecule has 19 heavy (non-hydrogen) atoms. The minimum absolute atomic E-state index is 0.0992. The van der Waals surface area contributed by atoms with Crippen molar-refractivity contribution in [1.29, 1.82) is 0 Å². The molecule has 4 heteroatoms. The Hall–Kier alpha value is -1.81. The average Bonchev–Trinajstić information content (AvgIpc) is 2.70. The summed E-state index contributed by atoms with van der Waals surface area (Å²) in [6.45, 7) is 0. The van der Waals surface area contributed by atoms with Crippen molar-refractivity contribution in [3.63, 3.8) is 0 Å². The van der Waals surface area contributed by atoms with E-state index in [1.165, 1.54) is 18.2 Å². The molecule has 0 aliphatic heterocycles. The molecule has 1 N–H and O–H groups in total. The van der Waals surface area contributed by atoms with Gasteiger partial charge >= 0.3 is 0 Å². The van der Waals surface area contributed by atoms with Crippen molar-refractivity contribution in [2.45, 2.75) is 18.4 Å². The standard InChI is InChI=1S/C15H11F3O/c16-10-1-3-12-9(7-10)5-6-15(12,19)13-8-11(17)2-4-14(13)18/h1-4,7-8,19H,5-6H2. The first kappa shape index (κ1) is 12.2. The molecule has 3 rings (SSSR count). The second-order valence-electron chi connectivity index (χ2n) is 4.79. The topological polar surface area (TPSA) is 20.2 Å². The van der Waals surface area contributed by atoms with E-state index in [0.717, 1.165) is 18.2 Å². The summed E-state index contributed by atoms with van der Waals surface area (Å²) in [7, 11) is 0. The van der Waals surface area contributed by atoms with E-state index >= 15 is 0 Å². The first-order valence-electron chi connectivity index (χ1n) is 5.97. The Morgan fingerprint density at radius 3 is 2.37 bits per heavy atom. The third-order valence-corrected chi connectivity index (χ3v) is 3.64. The summed E-state index contributed by atoms with van der Waals surface area (Å²) in [5.74, 6) is -1.68. The lowest BCUT2D eigenvalue weighted by molar-refractivity contribution is 0.0785. The molecule has 1 aliphatic rings. The van der Waals surface area contributed by atoms with Crippen LogP contribution < -0.4 is 0 Å². The molecular weight excluding hydrogens is 253 g/mol. The Morgan fingerprint density at radius 1 is 0.895 bits per heavy atom. The molecule has 1 nitrogen and oxygen atoms in total. The van der Waals surface area contributed by atoms with Crippen molar-refractivity contribution >= 4 is 0 Å². The molecule has 2 aromatic carbocycles. The molecule has 0 fully saturated rings. The predicted octanol–water partition coefficient (Wildman–Crippen LogP) is 3.29. The van der Waals surface area contributed by atoms with Gasteiger partial charge in [-0.15, -0.1) is 0 Å². The summed E-state index contributed by atoms with van der Waals surface area (Å²) in [6, 6.07) is 6.96. The van der Waals surface area contributed by atoms with Crippen LogP contribution in [-0.4, -0.2) is 5.11 Å². The highest BCUT2D eigenvalue weighted by Gasteiger charge is 2.40. The van der Waals surface area contributed by atoms with E-state index in [-0.39, 0.29) is 12.0 Å². The molecule has 1 aliphatic carbocycles. The lowest BCUT2D eigenvalue weighted by Gasteiger charge is -2.25. The van der Waals surface area contributed by atoms with Crippen LogP contribution in [0.2, 0.25) is 0 Å². The van der Waals surface area contributed by atoms with Crippen molar-refractivity contribution in [1.82, 2.24) is 0 Å². The molecule has 0 saturated heterocycles. The van der Waals surface area contributed by atoms with E-state index in [9.17, 15) is 18.3 Å². The normalized spacial score (nSPS) is 21.5. The van der Waals surface area contributed by atoms with Crippen LogP contribution in [-0.2, 0) is 12.0 Å².